The second kappa shape index (κ2) is 5.35. The van der Waals surface area contributed by atoms with Crippen LogP contribution in [0.4, 0.5) is 0 Å². The fraction of sp³-hybridized carbons (Fsp3) is 0.533. The first-order valence-corrected chi connectivity index (χ1v) is 7.32. The third kappa shape index (κ3) is 2.57. The Labute approximate surface area is 123 Å². The summed E-state index contributed by atoms with van der Waals surface area (Å²) in [5, 5.41) is 11.1. The van der Waals surface area contributed by atoms with Crippen LogP contribution in [0.1, 0.15) is 59.6 Å². The van der Waals surface area contributed by atoms with Gasteiger partial charge in [-0.2, -0.15) is 5.10 Å². The Hall–Kier alpha value is -2.11. The van der Waals surface area contributed by atoms with E-state index in [0.29, 0.717) is 18.2 Å². The van der Waals surface area contributed by atoms with Crippen LogP contribution >= 0.6 is 0 Å². The van der Waals surface area contributed by atoms with E-state index in [-0.39, 0.29) is 11.8 Å². The Balaban J connectivity index is 1.70. The number of aryl methyl sites for hydroxylation is 1. The zero-order chi connectivity index (χ0) is 15.0. The number of hydrogen-bond acceptors (Lipinski definition) is 4. The van der Waals surface area contributed by atoms with Gasteiger partial charge in [-0.25, -0.2) is 0 Å². The van der Waals surface area contributed by atoms with E-state index in [1.807, 2.05) is 31.9 Å². The lowest BCUT2D eigenvalue weighted by molar-refractivity contribution is 0.0749. The van der Waals surface area contributed by atoms with Crippen molar-refractivity contribution in [2.45, 2.75) is 39.0 Å². The summed E-state index contributed by atoms with van der Waals surface area (Å²) < 4.78 is 5.19. The van der Waals surface area contributed by atoms with Gasteiger partial charge in [0.25, 0.3) is 5.91 Å². The molecule has 112 valence electrons. The van der Waals surface area contributed by atoms with Crippen molar-refractivity contribution in [3.05, 3.63) is 35.0 Å². The number of likely N-dealkylation sites (tertiary alicyclic amines) is 1. The van der Waals surface area contributed by atoms with E-state index in [2.05, 4.69) is 15.4 Å². The quantitative estimate of drug-likeness (QED) is 0.941. The SMILES string of the molecule is Cc1cn[nH]c1[C@@H]1CCN(C(=O)c2cc(C(C)C)no2)C1. The van der Waals surface area contributed by atoms with E-state index in [0.717, 1.165) is 29.9 Å². The molecule has 21 heavy (non-hydrogen) atoms. The minimum Gasteiger partial charge on any atom is -0.351 e. The second-order valence-corrected chi connectivity index (χ2v) is 5.97. The first kappa shape index (κ1) is 13.9. The maximum absolute atomic E-state index is 12.4. The molecule has 2 aromatic heterocycles. The fourth-order valence-electron chi connectivity index (χ4n) is 2.77. The molecule has 0 aromatic carbocycles. The number of aromatic nitrogens is 3. The highest BCUT2D eigenvalue weighted by Crippen LogP contribution is 2.29. The summed E-state index contributed by atoms with van der Waals surface area (Å²) in [6, 6.07) is 1.75. The average Bonchev–Trinajstić information content (AvgIpc) is 3.17. The Morgan fingerprint density at radius 1 is 1.52 bits per heavy atom. The molecule has 1 fully saturated rings. The molecule has 1 aliphatic heterocycles. The number of nitrogens with one attached hydrogen (secondary N) is 1. The molecule has 1 saturated heterocycles. The lowest BCUT2D eigenvalue weighted by atomic mass is 10.0. The molecule has 3 heterocycles. The van der Waals surface area contributed by atoms with Crippen LogP contribution in [0.3, 0.4) is 0 Å². The zero-order valence-electron chi connectivity index (χ0n) is 12.6. The number of amides is 1. The minimum atomic E-state index is -0.0749. The molecule has 6 heteroatoms. The van der Waals surface area contributed by atoms with Crippen LogP contribution in [-0.2, 0) is 0 Å². The van der Waals surface area contributed by atoms with Crippen LogP contribution in [0, 0.1) is 6.92 Å². The molecule has 0 spiro atoms. The monoisotopic (exact) mass is 288 g/mol. The summed E-state index contributed by atoms with van der Waals surface area (Å²) in [7, 11) is 0. The van der Waals surface area contributed by atoms with Crippen molar-refractivity contribution in [3.8, 4) is 0 Å². The lowest BCUT2D eigenvalue weighted by Crippen LogP contribution is -2.28. The van der Waals surface area contributed by atoms with Crippen molar-refractivity contribution >= 4 is 5.91 Å². The topological polar surface area (TPSA) is 75.0 Å². The number of carbonyl (C=O) groups excluding carboxylic acids is 1. The van der Waals surface area contributed by atoms with Gasteiger partial charge in [0.2, 0.25) is 5.76 Å². The summed E-state index contributed by atoms with van der Waals surface area (Å²) in [4.78, 5) is 14.3. The van der Waals surface area contributed by atoms with Gasteiger partial charge in [-0.05, 0) is 24.8 Å². The lowest BCUT2D eigenvalue weighted by Gasteiger charge is -2.14. The van der Waals surface area contributed by atoms with Gasteiger partial charge in [-0.3, -0.25) is 9.89 Å². The van der Waals surface area contributed by atoms with Gasteiger partial charge in [0.15, 0.2) is 0 Å². The van der Waals surface area contributed by atoms with Gasteiger partial charge >= 0.3 is 0 Å². The molecule has 0 radical (unpaired) electrons. The van der Waals surface area contributed by atoms with Crippen molar-refractivity contribution in [3.63, 3.8) is 0 Å². The van der Waals surface area contributed by atoms with E-state index in [4.69, 9.17) is 4.52 Å². The van der Waals surface area contributed by atoms with Crippen molar-refractivity contribution in [2.24, 2.45) is 0 Å². The minimum absolute atomic E-state index is 0.0749. The average molecular weight is 288 g/mol. The van der Waals surface area contributed by atoms with Gasteiger partial charge in [-0.1, -0.05) is 19.0 Å². The highest BCUT2D eigenvalue weighted by Gasteiger charge is 2.31. The first-order valence-electron chi connectivity index (χ1n) is 7.32. The molecule has 0 bridgehead atoms. The predicted molar refractivity (Wildman–Crippen MR) is 77.2 cm³/mol. The molecule has 0 unspecified atom stereocenters. The largest absolute Gasteiger partial charge is 0.351 e. The van der Waals surface area contributed by atoms with Crippen molar-refractivity contribution in [1.29, 1.82) is 0 Å². The Kier molecular flexibility index (Phi) is 3.53. The van der Waals surface area contributed by atoms with Crippen LogP contribution in [0.5, 0.6) is 0 Å². The maximum atomic E-state index is 12.4. The molecule has 6 nitrogen and oxygen atoms in total. The second-order valence-electron chi connectivity index (χ2n) is 5.97. The number of aromatic amines is 1. The van der Waals surface area contributed by atoms with Gasteiger partial charge < -0.3 is 9.42 Å². The maximum Gasteiger partial charge on any atom is 0.292 e. The fourth-order valence-corrected chi connectivity index (χ4v) is 2.77. The van der Waals surface area contributed by atoms with Crippen LogP contribution in [0.15, 0.2) is 16.8 Å². The van der Waals surface area contributed by atoms with Crippen LogP contribution in [0.25, 0.3) is 0 Å². The molecule has 1 amide bonds. The normalized spacial score (nSPS) is 18.7. The smallest absolute Gasteiger partial charge is 0.292 e. The molecule has 0 aliphatic carbocycles. The van der Waals surface area contributed by atoms with Crippen LogP contribution < -0.4 is 0 Å². The zero-order valence-corrected chi connectivity index (χ0v) is 12.6. The van der Waals surface area contributed by atoms with Gasteiger partial charge in [0.1, 0.15) is 0 Å². The highest BCUT2D eigenvalue weighted by molar-refractivity contribution is 5.91. The Morgan fingerprint density at radius 2 is 2.33 bits per heavy atom. The summed E-state index contributed by atoms with van der Waals surface area (Å²) in [6.07, 6.45) is 2.77. The first-order chi connectivity index (χ1) is 10.1. The summed E-state index contributed by atoms with van der Waals surface area (Å²) in [5.41, 5.74) is 3.10. The molecule has 2 aromatic rings. The summed E-state index contributed by atoms with van der Waals surface area (Å²) in [5.74, 6) is 0.841. The predicted octanol–water partition coefficient (Wildman–Crippen LogP) is 2.46. The Bertz CT molecular complexity index is 644. The number of rotatable bonds is 3. The van der Waals surface area contributed by atoms with Crippen LogP contribution in [0.2, 0.25) is 0 Å². The van der Waals surface area contributed by atoms with Crippen LogP contribution in [-0.4, -0.2) is 39.3 Å². The van der Waals surface area contributed by atoms with Gasteiger partial charge in [0, 0.05) is 30.8 Å². The van der Waals surface area contributed by atoms with Gasteiger partial charge in [0.05, 0.1) is 11.9 Å². The standard InChI is InChI=1S/C15H20N4O2/c1-9(2)12-6-13(21-18-12)15(20)19-5-4-11(8-19)14-10(3)7-16-17-14/h6-7,9,11H,4-5,8H2,1-3H3,(H,16,17)/t11-/m1/s1. The summed E-state index contributed by atoms with van der Waals surface area (Å²) in [6.45, 7) is 7.52. The number of hydrogen-bond donors (Lipinski definition) is 1. The molecule has 1 N–H and O–H groups in total. The third-order valence-corrected chi connectivity index (χ3v) is 4.08. The van der Waals surface area contributed by atoms with E-state index in [9.17, 15) is 4.79 Å². The van der Waals surface area contributed by atoms with Crippen molar-refractivity contribution in [1.82, 2.24) is 20.3 Å². The number of nitrogens with zero attached hydrogens (tertiary/aromatic N) is 3. The number of H-pyrrole nitrogens is 1. The Morgan fingerprint density at radius 3 is 2.95 bits per heavy atom. The van der Waals surface area contributed by atoms with E-state index < -0.39 is 0 Å². The van der Waals surface area contributed by atoms with Gasteiger partial charge in [-0.15, -0.1) is 0 Å². The third-order valence-electron chi connectivity index (χ3n) is 4.08. The molecule has 3 rings (SSSR count). The molecule has 1 aliphatic rings. The molecule has 0 saturated carbocycles. The van der Waals surface area contributed by atoms with Crippen molar-refractivity contribution < 1.29 is 9.32 Å². The number of carbonyl (C=O) groups is 1. The van der Waals surface area contributed by atoms with Crippen molar-refractivity contribution in [2.75, 3.05) is 13.1 Å². The summed E-state index contributed by atoms with van der Waals surface area (Å²) >= 11 is 0. The molecular weight excluding hydrogens is 268 g/mol. The van der Waals surface area contributed by atoms with E-state index in [1.54, 1.807) is 6.07 Å². The van der Waals surface area contributed by atoms with E-state index >= 15 is 0 Å². The molecular formula is C15H20N4O2. The highest BCUT2D eigenvalue weighted by atomic mass is 16.5. The van der Waals surface area contributed by atoms with E-state index in [1.165, 1.54) is 0 Å². The molecule has 1 atom stereocenters.